The summed E-state index contributed by atoms with van der Waals surface area (Å²) in [6.45, 7) is 9.28. The van der Waals surface area contributed by atoms with Crippen LogP contribution in [0.1, 0.15) is 36.6 Å². The number of rotatable bonds is 2. The molecule has 0 aliphatic carbocycles. The summed E-state index contributed by atoms with van der Waals surface area (Å²) in [6, 6.07) is 0. The van der Waals surface area contributed by atoms with Crippen molar-refractivity contribution < 1.29 is 0 Å². The molecule has 0 spiro atoms. The van der Waals surface area contributed by atoms with Gasteiger partial charge >= 0.3 is 0 Å². The standard InChI is InChI=1S/C14H22N2O.2ClH/c1-10-4-6-16(7-5-10)9-13-12(3)14(17)11(2)8-15-13;;/h8,10H,4-7,9H2,1-3H3,(H,15,17);2*1H. The average Bonchev–Trinajstić information content (AvgIpc) is 2.33. The molecule has 19 heavy (non-hydrogen) atoms. The largest absolute Gasteiger partial charge is 0.363 e. The second-order valence-electron chi connectivity index (χ2n) is 5.36. The van der Waals surface area contributed by atoms with E-state index in [-0.39, 0.29) is 30.2 Å². The zero-order valence-corrected chi connectivity index (χ0v) is 13.5. The number of pyridine rings is 1. The van der Waals surface area contributed by atoms with Crippen LogP contribution in [0.15, 0.2) is 11.0 Å². The third-order valence-electron chi connectivity index (χ3n) is 3.87. The number of aryl methyl sites for hydroxylation is 1. The molecule has 1 saturated heterocycles. The molecule has 1 aliphatic rings. The fourth-order valence-electron chi connectivity index (χ4n) is 2.41. The first-order valence-electron chi connectivity index (χ1n) is 6.48. The molecule has 2 rings (SSSR count). The summed E-state index contributed by atoms with van der Waals surface area (Å²) < 4.78 is 0. The van der Waals surface area contributed by atoms with Crippen molar-refractivity contribution in [1.82, 2.24) is 9.88 Å². The number of hydrogen-bond acceptors (Lipinski definition) is 2. The Labute approximate surface area is 127 Å². The summed E-state index contributed by atoms with van der Waals surface area (Å²) in [5, 5.41) is 0. The molecule has 5 heteroatoms. The van der Waals surface area contributed by atoms with Crippen LogP contribution < -0.4 is 5.43 Å². The first-order chi connectivity index (χ1) is 8.08. The number of piperidine rings is 1. The van der Waals surface area contributed by atoms with Crippen LogP contribution in [-0.2, 0) is 6.54 Å². The molecule has 1 aromatic rings. The minimum atomic E-state index is 0. The predicted molar refractivity (Wildman–Crippen MR) is 84.7 cm³/mol. The minimum Gasteiger partial charge on any atom is -0.363 e. The van der Waals surface area contributed by atoms with Gasteiger partial charge in [0.25, 0.3) is 0 Å². The van der Waals surface area contributed by atoms with Gasteiger partial charge in [0.05, 0.1) is 0 Å². The number of H-pyrrole nitrogens is 1. The Morgan fingerprint density at radius 2 is 1.84 bits per heavy atom. The maximum atomic E-state index is 11.8. The molecule has 1 aliphatic heterocycles. The SMILES string of the molecule is Cc1c[nH]c(CN2CCC(C)CC2)c(C)c1=O.Cl.Cl. The highest BCUT2D eigenvalue weighted by Gasteiger charge is 2.17. The van der Waals surface area contributed by atoms with Crippen LogP contribution >= 0.6 is 24.8 Å². The number of nitrogens with zero attached hydrogens (tertiary/aromatic N) is 1. The van der Waals surface area contributed by atoms with Crippen molar-refractivity contribution >= 4 is 24.8 Å². The molecule has 1 N–H and O–H groups in total. The number of aromatic nitrogens is 1. The van der Waals surface area contributed by atoms with E-state index in [0.29, 0.717) is 0 Å². The Bertz CT molecular complexity index is 451. The van der Waals surface area contributed by atoms with Crippen molar-refractivity contribution in [3.05, 3.63) is 33.2 Å². The van der Waals surface area contributed by atoms with Crippen molar-refractivity contribution in [1.29, 1.82) is 0 Å². The van der Waals surface area contributed by atoms with E-state index in [1.807, 2.05) is 20.0 Å². The lowest BCUT2D eigenvalue weighted by atomic mass is 9.99. The Morgan fingerprint density at radius 3 is 2.42 bits per heavy atom. The van der Waals surface area contributed by atoms with Crippen molar-refractivity contribution in [2.24, 2.45) is 5.92 Å². The lowest BCUT2D eigenvalue weighted by Crippen LogP contribution is -2.33. The van der Waals surface area contributed by atoms with E-state index < -0.39 is 0 Å². The highest BCUT2D eigenvalue weighted by atomic mass is 35.5. The van der Waals surface area contributed by atoms with Crippen molar-refractivity contribution in [2.45, 2.75) is 40.2 Å². The Kier molecular flexibility index (Phi) is 7.72. The first kappa shape index (κ1) is 18.5. The number of nitrogens with one attached hydrogen (secondary N) is 1. The summed E-state index contributed by atoms with van der Waals surface area (Å²) in [4.78, 5) is 17.5. The number of aromatic amines is 1. The van der Waals surface area contributed by atoms with Crippen LogP contribution in [0.2, 0.25) is 0 Å². The van der Waals surface area contributed by atoms with Crippen molar-refractivity contribution in [3.63, 3.8) is 0 Å². The maximum Gasteiger partial charge on any atom is 0.187 e. The summed E-state index contributed by atoms with van der Waals surface area (Å²) >= 11 is 0. The van der Waals surface area contributed by atoms with Gasteiger partial charge in [-0.05, 0) is 45.7 Å². The third kappa shape index (κ3) is 4.51. The first-order valence-corrected chi connectivity index (χ1v) is 6.48. The van der Waals surface area contributed by atoms with Crippen molar-refractivity contribution in [2.75, 3.05) is 13.1 Å². The monoisotopic (exact) mass is 306 g/mol. The van der Waals surface area contributed by atoms with E-state index in [2.05, 4.69) is 16.8 Å². The van der Waals surface area contributed by atoms with Gasteiger partial charge in [-0.3, -0.25) is 9.69 Å². The maximum absolute atomic E-state index is 11.8. The number of likely N-dealkylation sites (tertiary alicyclic amines) is 1. The summed E-state index contributed by atoms with van der Waals surface area (Å²) in [6.07, 6.45) is 4.38. The van der Waals surface area contributed by atoms with Crippen LogP contribution in [0, 0.1) is 19.8 Å². The van der Waals surface area contributed by atoms with Crippen LogP contribution in [0.3, 0.4) is 0 Å². The van der Waals surface area contributed by atoms with Gasteiger partial charge in [0, 0.05) is 29.6 Å². The molecule has 110 valence electrons. The molecule has 0 aromatic carbocycles. The molecule has 3 nitrogen and oxygen atoms in total. The fourth-order valence-corrected chi connectivity index (χ4v) is 2.41. The topological polar surface area (TPSA) is 36.1 Å². The van der Waals surface area contributed by atoms with Gasteiger partial charge in [-0.1, -0.05) is 6.92 Å². The van der Waals surface area contributed by atoms with E-state index in [9.17, 15) is 4.79 Å². The minimum absolute atomic E-state index is 0. The summed E-state index contributed by atoms with van der Waals surface area (Å²) in [5.41, 5.74) is 2.95. The highest BCUT2D eigenvalue weighted by Crippen LogP contribution is 2.17. The molecule has 0 bridgehead atoms. The molecular weight excluding hydrogens is 283 g/mol. The number of halogens is 2. The fraction of sp³-hybridized carbons (Fsp3) is 0.643. The molecule has 1 aromatic heterocycles. The molecule has 0 saturated carbocycles. The Hall–Kier alpha value is -0.510. The van der Waals surface area contributed by atoms with Crippen LogP contribution in [0.4, 0.5) is 0 Å². The van der Waals surface area contributed by atoms with Gasteiger partial charge < -0.3 is 4.98 Å². The van der Waals surface area contributed by atoms with Gasteiger partial charge in [-0.15, -0.1) is 24.8 Å². The second kappa shape index (κ2) is 7.93. The Balaban J connectivity index is 0.00000162. The second-order valence-corrected chi connectivity index (χ2v) is 5.36. The van der Waals surface area contributed by atoms with E-state index in [0.717, 1.165) is 42.4 Å². The molecule has 2 heterocycles. The summed E-state index contributed by atoms with van der Waals surface area (Å²) in [7, 11) is 0. The van der Waals surface area contributed by atoms with Gasteiger partial charge in [-0.2, -0.15) is 0 Å². The highest BCUT2D eigenvalue weighted by molar-refractivity contribution is 5.85. The van der Waals surface area contributed by atoms with Crippen LogP contribution in [-0.4, -0.2) is 23.0 Å². The number of hydrogen-bond donors (Lipinski definition) is 1. The lowest BCUT2D eigenvalue weighted by molar-refractivity contribution is 0.183. The molecule has 1 fully saturated rings. The van der Waals surface area contributed by atoms with Gasteiger partial charge in [0.2, 0.25) is 0 Å². The Morgan fingerprint density at radius 1 is 1.26 bits per heavy atom. The van der Waals surface area contributed by atoms with E-state index in [4.69, 9.17) is 0 Å². The average molecular weight is 307 g/mol. The summed E-state index contributed by atoms with van der Waals surface area (Å²) in [5.74, 6) is 0.851. The lowest BCUT2D eigenvalue weighted by Gasteiger charge is -2.30. The zero-order chi connectivity index (χ0) is 12.4. The van der Waals surface area contributed by atoms with Gasteiger partial charge in [0.15, 0.2) is 5.43 Å². The zero-order valence-electron chi connectivity index (χ0n) is 11.9. The van der Waals surface area contributed by atoms with Crippen LogP contribution in [0.25, 0.3) is 0 Å². The van der Waals surface area contributed by atoms with Gasteiger partial charge in [-0.25, -0.2) is 0 Å². The molecule has 0 radical (unpaired) electrons. The third-order valence-corrected chi connectivity index (χ3v) is 3.87. The molecule has 0 atom stereocenters. The smallest absolute Gasteiger partial charge is 0.187 e. The molecule has 0 unspecified atom stereocenters. The quantitative estimate of drug-likeness (QED) is 0.911. The molecule has 0 amide bonds. The molecular formula is C14H24Cl2N2O. The van der Waals surface area contributed by atoms with Gasteiger partial charge in [0.1, 0.15) is 0 Å². The van der Waals surface area contributed by atoms with Crippen LogP contribution in [0.5, 0.6) is 0 Å². The van der Waals surface area contributed by atoms with E-state index >= 15 is 0 Å². The van der Waals surface area contributed by atoms with Crippen molar-refractivity contribution in [3.8, 4) is 0 Å². The van der Waals surface area contributed by atoms with E-state index in [1.165, 1.54) is 12.8 Å². The normalized spacial score (nSPS) is 16.6. The predicted octanol–water partition coefficient (Wildman–Crippen LogP) is 3.07. The van der Waals surface area contributed by atoms with E-state index in [1.54, 1.807) is 0 Å².